The SMILES string of the molecule is CCCn1nccc1-c1nc(Cl)nc2[nH]ncc12. The molecular weight excluding hydrogens is 252 g/mol. The maximum Gasteiger partial charge on any atom is 0.225 e. The highest BCUT2D eigenvalue weighted by atomic mass is 35.5. The average molecular weight is 263 g/mol. The van der Waals surface area contributed by atoms with E-state index in [0.29, 0.717) is 5.65 Å². The standard InChI is InChI=1S/C11H11ClN6/c1-2-5-18-8(3-4-14-18)9-7-6-13-17-10(7)16-11(12)15-9/h3-4,6H,2,5H2,1H3,(H,13,15,16,17). The molecule has 0 saturated heterocycles. The minimum atomic E-state index is 0.200. The van der Waals surface area contributed by atoms with E-state index in [-0.39, 0.29) is 5.28 Å². The summed E-state index contributed by atoms with van der Waals surface area (Å²) in [6.07, 6.45) is 4.46. The van der Waals surface area contributed by atoms with Crippen molar-refractivity contribution in [3.05, 3.63) is 23.7 Å². The molecule has 1 N–H and O–H groups in total. The first kappa shape index (κ1) is 11.2. The summed E-state index contributed by atoms with van der Waals surface area (Å²) in [5, 5.41) is 12.1. The van der Waals surface area contributed by atoms with Gasteiger partial charge >= 0.3 is 0 Å². The van der Waals surface area contributed by atoms with Crippen molar-refractivity contribution in [2.24, 2.45) is 0 Å². The van der Waals surface area contributed by atoms with E-state index in [1.54, 1.807) is 12.4 Å². The summed E-state index contributed by atoms with van der Waals surface area (Å²) < 4.78 is 1.91. The van der Waals surface area contributed by atoms with Crippen LogP contribution in [0.1, 0.15) is 13.3 Å². The van der Waals surface area contributed by atoms with Crippen LogP contribution in [0.25, 0.3) is 22.4 Å². The van der Waals surface area contributed by atoms with E-state index in [4.69, 9.17) is 11.6 Å². The number of hydrogen-bond donors (Lipinski definition) is 1. The van der Waals surface area contributed by atoms with Gasteiger partial charge in [-0.3, -0.25) is 9.78 Å². The van der Waals surface area contributed by atoms with Crippen LogP contribution >= 0.6 is 11.6 Å². The van der Waals surface area contributed by atoms with Crippen LogP contribution in [0.2, 0.25) is 5.28 Å². The van der Waals surface area contributed by atoms with Crippen molar-refractivity contribution in [2.75, 3.05) is 0 Å². The van der Waals surface area contributed by atoms with Crippen molar-refractivity contribution in [3.63, 3.8) is 0 Å². The van der Waals surface area contributed by atoms with Gasteiger partial charge in [-0.2, -0.15) is 15.2 Å². The van der Waals surface area contributed by atoms with Crippen LogP contribution in [0.3, 0.4) is 0 Å². The Morgan fingerprint density at radius 3 is 3.11 bits per heavy atom. The molecule has 92 valence electrons. The first-order valence-electron chi connectivity index (χ1n) is 5.68. The van der Waals surface area contributed by atoms with Crippen molar-refractivity contribution < 1.29 is 0 Å². The second-order valence-corrected chi connectivity index (χ2v) is 4.25. The summed E-state index contributed by atoms with van der Waals surface area (Å²) >= 11 is 5.93. The van der Waals surface area contributed by atoms with E-state index in [9.17, 15) is 0 Å². The highest BCUT2D eigenvalue weighted by Gasteiger charge is 2.14. The maximum absolute atomic E-state index is 5.93. The van der Waals surface area contributed by atoms with Crippen molar-refractivity contribution in [1.82, 2.24) is 29.9 Å². The van der Waals surface area contributed by atoms with Crippen molar-refractivity contribution in [2.45, 2.75) is 19.9 Å². The van der Waals surface area contributed by atoms with Gasteiger partial charge in [0.15, 0.2) is 5.65 Å². The summed E-state index contributed by atoms with van der Waals surface area (Å²) in [5.74, 6) is 0. The summed E-state index contributed by atoms with van der Waals surface area (Å²) in [5.41, 5.74) is 2.31. The Balaban J connectivity index is 2.24. The summed E-state index contributed by atoms with van der Waals surface area (Å²) in [4.78, 5) is 8.38. The van der Waals surface area contributed by atoms with Gasteiger partial charge in [0, 0.05) is 12.7 Å². The number of rotatable bonds is 3. The van der Waals surface area contributed by atoms with Crippen molar-refractivity contribution >= 4 is 22.6 Å². The third-order valence-electron chi connectivity index (χ3n) is 2.68. The predicted molar refractivity (Wildman–Crippen MR) is 68.2 cm³/mol. The lowest BCUT2D eigenvalue weighted by Gasteiger charge is -2.06. The molecule has 3 aromatic rings. The minimum absolute atomic E-state index is 0.200. The highest BCUT2D eigenvalue weighted by molar-refractivity contribution is 6.28. The molecule has 0 aromatic carbocycles. The summed E-state index contributed by atoms with van der Waals surface area (Å²) in [6, 6.07) is 1.92. The van der Waals surface area contributed by atoms with Gasteiger partial charge < -0.3 is 0 Å². The summed E-state index contributed by atoms with van der Waals surface area (Å²) in [6.45, 7) is 2.94. The second-order valence-electron chi connectivity index (χ2n) is 3.91. The molecule has 0 aliphatic heterocycles. The van der Waals surface area contributed by atoms with Gasteiger partial charge in [-0.15, -0.1) is 0 Å². The largest absolute Gasteiger partial charge is 0.263 e. The molecule has 0 spiro atoms. The number of halogens is 1. The van der Waals surface area contributed by atoms with Crippen LogP contribution in [0, 0.1) is 0 Å². The monoisotopic (exact) mass is 262 g/mol. The Bertz CT molecular complexity index is 686. The number of nitrogens with zero attached hydrogens (tertiary/aromatic N) is 5. The maximum atomic E-state index is 5.93. The number of nitrogens with one attached hydrogen (secondary N) is 1. The molecule has 18 heavy (non-hydrogen) atoms. The average Bonchev–Trinajstić information content (AvgIpc) is 2.96. The van der Waals surface area contributed by atoms with E-state index in [0.717, 1.165) is 29.7 Å². The van der Waals surface area contributed by atoms with E-state index in [1.165, 1.54) is 0 Å². The number of H-pyrrole nitrogens is 1. The number of aromatic amines is 1. The molecule has 3 aromatic heterocycles. The normalized spacial score (nSPS) is 11.2. The van der Waals surface area contributed by atoms with E-state index in [1.807, 2.05) is 10.7 Å². The zero-order valence-electron chi connectivity index (χ0n) is 9.76. The highest BCUT2D eigenvalue weighted by Crippen LogP contribution is 2.25. The van der Waals surface area contributed by atoms with Crippen LogP contribution < -0.4 is 0 Å². The smallest absolute Gasteiger partial charge is 0.225 e. The molecular formula is C11H11ClN6. The Hall–Kier alpha value is -1.95. The van der Waals surface area contributed by atoms with Gasteiger partial charge in [0.25, 0.3) is 0 Å². The van der Waals surface area contributed by atoms with Crippen LogP contribution in [-0.4, -0.2) is 29.9 Å². The first-order chi connectivity index (χ1) is 8.79. The fourth-order valence-electron chi connectivity index (χ4n) is 1.93. The number of fused-ring (bicyclic) bond motifs is 1. The molecule has 0 saturated carbocycles. The van der Waals surface area contributed by atoms with Gasteiger partial charge in [0.1, 0.15) is 5.69 Å². The third-order valence-corrected chi connectivity index (χ3v) is 2.85. The Morgan fingerprint density at radius 2 is 2.28 bits per heavy atom. The van der Waals surface area contributed by atoms with E-state index >= 15 is 0 Å². The number of aromatic nitrogens is 6. The second kappa shape index (κ2) is 4.38. The molecule has 3 rings (SSSR count). The van der Waals surface area contributed by atoms with Crippen LogP contribution in [0.15, 0.2) is 18.5 Å². The van der Waals surface area contributed by atoms with Gasteiger partial charge in [-0.1, -0.05) is 6.92 Å². The lowest BCUT2D eigenvalue weighted by Crippen LogP contribution is -2.02. The minimum Gasteiger partial charge on any atom is -0.263 e. The van der Waals surface area contributed by atoms with Crippen molar-refractivity contribution in [1.29, 1.82) is 0 Å². The molecule has 3 heterocycles. The first-order valence-corrected chi connectivity index (χ1v) is 6.06. The molecule has 0 amide bonds. The zero-order chi connectivity index (χ0) is 12.5. The molecule has 0 aliphatic rings. The van der Waals surface area contributed by atoms with Crippen molar-refractivity contribution in [3.8, 4) is 11.4 Å². The lowest BCUT2D eigenvalue weighted by molar-refractivity contribution is 0.608. The van der Waals surface area contributed by atoms with Gasteiger partial charge in [0.2, 0.25) is 5.28 Å². The molecule has 0 fully saturated rings. The number of hydrogen-bond acceptors (Lipinski definition) is 4. The molecule has 0 radical (unpaired) electrons. The van der Waals surface area contributed by atoms with E-state index in [2.05, 4.69) is 32.2 Å². The van der Waals surface area contributed by atoms with Crippen LogP contribution in [-0.2, 0) is 6.54 Å². The predicted octanol–water partition coefficient (Wildman–Crippen LogP) is 2.28. The Morgan fingerprint density at radius 1 is 1.39 bits per heavy atom. The lowest BCUT2D eigenvalue weighted by atomic mass is 10.2. The molecule has 0 atom stereocenters. The Kier molecular flexibility index (Phi) is 2.71. The van der Waals surface area contributed by atoms with Gasteiger partial charge in [-0.25, -0.2) is 4.98 Å². The molecule has 6 nitrogen and oxygen atoms in total. The fourth-order valence-corrected chi connectivity index (χ4v) is 2.10. The molecule has 0 bridgehead atoms. The third kappa shape index (κ3) is 1.74. The van der Waals surface area contributed by atoms with Crippen LogP contribution in [0.5, 0.6) is 0 Å². The van der Waals surface area contributed by atoms with Gasteiger partial charge in [0.05, 0.1) is 17.3 Å². The molecule has 0 unspecified atom stereocenters. The molecule has 0 aliphatic carbocycles. The topological polar surface area (TPSA) is 72.3 Å². The Labute approximate surface area is 108 Å². The summed E-state index contributed by atoms with van der Waals surface area (Å²) in [7, 11) is 0. The van der Waals surface area contributed by atoms with Crippen LogP contribution in [0.4, 0.5) is 0 Å². The zero-order valence-corrected chi connectivity index (χ0v) is 10.5. The number of aryl methyl sites for hydroxylation is 1. The fraction of sp³-hybridized carbons (Fsp3) is 0.273. The van der Waals surface area contributed by atoms with E-state index < -0.39 is 0 Å². The quantitative estimate of drug-likeness (QED) is 0.735. The molecule has 7 heteroatoms. The van der Waals surface area contributed by atoms with Gasteiger partial charge in [-0.05, 0) is 24.1 Å².